The summed E-state index contributed by atoms with van der Waals surface area (Å²) in [4.78, 5) is 11.2. The van der Waals surface area contributed by atoms with Crippen LogP contribution < -0.4 is 29.0 Å². The first-order valence-corrected chi connectivity index (χ1v) is 11.9. The van der Waals surface area contributed by atoms with E-state index in [1.54, 1.807) is 12.1 Å². The molecule has 0 spiro atoms. The Morgan fingerprint density at radius 3 is 2.38 bits per heavy atom. The average molecular weight is 510 g/mol. The molecule has 4 rings (SSSR count). The van der Waals surface area contributed by atoms with E-state index in [1.807, 2.05) is 30.3 Å². The van der Waals surface area contributed by atoms with Gasteiger partial charge in [0.25, 0.3) is 0 Å². The monoisotopic (exact) mass is 509 g/mol. The fourth-order valence-electron chi connectivity index (χ4n) is 4.20. The predicted molar refractivity (Wildman–Crippen MR) is 137 cm³/mol. The molecule has 0 aromatic heterocycles. The van der Waals surface area contributed by atoms with Crippen molar-refractivity contribution < 1.29 is 38.7 Å². The van der Waals surface area contributed by atoms with Gasteiger partial charge in [-0.3, -0.25) is 10.1 Å². The van der Waals surface area contributed by atoms with Gasteiger partial charge in [0.2, 0.25) is 0 Å². The summed E-state index contributed by atoms with van der Waals surface area (Å²) in [5.74, 6) is 1.85. The third kappa shape index (κ3) is 5.90. The molecule has 1 aliphatic rings. The Kier molecular flexibility index (Phi) is 8.37. The lowest BCUT2D eigenvalue weighted by atomic mass is 9.96. The van der Waals surface area contributed by atoms with Crippen LogP contribution in [0.25, 0.3) is 11.1 Å². The number of aliphatic hydroxyl groups excluding tert-OH is 1. The molecule has 0 radical (unpaired) electrons. The Bertz CT molecular complexity index is 1230. The molecule has 0 fully saturated rings. The third-order valence-electron chi connectivity index (χ3n) is 6.28. The Balaban J connectivity index is 1.53. The van der Waals surface area contributed by atoms with Crippen LogP contribution in [0.2, 0.25) is 0 Å². The van der Waals surface area contributed by atoms with Gasteiger partial charge >= 0.3 is 5.97 Å². The summed E-state index contributed by atoms with van der Waals surface area (Å²) in [5.41, 5.74) is 4.83. The van der Waals surface area contributed by atoms with Gasteiger partial charge in [-0.1, -0.05) is 24.3 Å². The summed E-state index contributed by atoms with van der Waals surface area (Å²) < 4.78 is 28.5. The van der Waals surface area contributed by atoms with Crippen LogP contribution in [0.3, 0.4) is 0 Å². The first kappa shape index (κ1) is 26.1. The topological polar surface area (TPSA) is 116 Å². The molecule has 3 aromatic carbocycles. The zero-order valence-electron chi connectivity index (χ0n) is 21.1. The largest absolute Gasteiger partial charge is 0.496 e. The Labute approximate surface area is 215 Å². The van der Waals surface area contributed by atoms with Gasteiger partial charge in [-0.15, -0.1) is 0 Å². The van der Waals surface area contributed by atoms with Gasteiger partial charge in [-0.2, -0.15) is 0 Å². The Morgan fingerprint density at radius 2 is 1.73 bits per heavy atom. The Morgan fingerprint density at radius 1 is 1.03 bits per heavy atom. The molecule has 3 aromatic rings. The summed E-state index contributed by atoms with van der Waals surface area (Å²) >= 11 is 0. The molecular formula is C28H31NO8. The molecule has 196 valence electrons. The zero-order valence-corrected chi connectivity index (χ0v) is 21.1. The van der Waals surface area contributed by atoms with Crippen molar-refractivity contribution in [3.63, 3.8) is 0 Å². The van der Waals surface area contributed by atoms with Crippen LogP contribution in [0.15, 0.2) is 48.5 Å². The molecule has 0 unspecified atom stereocenters. The molecule has 1 heterocycles. The van der Waals surface area contributed by atoms with Gasteiger partial charge in [0.15, 0.2) is 11.5 Å². The number of nitrogens with one attached hydrogen (secondary N) is 1. The highest BCUT2D eigenvalue weighted by Gasteiger charge is 2.20. The number of aliphatic carboxylic acids is 1. The third-order valence-corrected chi connectivity index (χ3v) is 6.28. The van der Waals surface area contributed by atoms with Crippen molar-refractivity contribution >= 4 is 5.97 Å². The number of fused-ring (bicyclic) bond motifs is 1. The first-order valence-electron chi connectivity index (χ1n) is 11.9. The number of benzene rings is 3. The number of aliphatic hydroxyl groups is 1. The molecule has 0 saturated carbocycles. The maximum Gasteiger partial charge on any atom is 0.323 e. The van der Waals surface area contributed by atoms with E-state index in [4.69, 9.17) is 23.7 Å². The van der Waals surface area contributed by atoms with E-state index in [-0.39, 0.29) is 6.54 Å². The van der Waals surface area contributed by atoms with Crippen molar-refractivity contribution in [1.29, 1.82) is 0 Å². The highest BCUT2D eigenvalue weighted by atomic mass is 16.6. The van der Waals surface area contributed by atoms with E-state index in [2.05, 4.69) is 18.3 Å². The highest BCUT2D eigenvalue weighted by molar-refractivity contribution is 5.73. The molecule has 37 heavy (non-hydrogen) atoms. The molecule has 0 bridgehead atoms. The molecule has 9 nitrogen and oxygen atoms in total. The smallest absolute Gasteiger partial charge is 0.323 e. The molecule has 0 aliphatic carbocycles. The lowest BCUT2D eigenvalue weighted by molar-refractivity contribution is -0.140. The lowest BCUT2D eigenvalue weighted by Gasteiger charge is -2.20. The number of carboxylic acids is 1. The number of rotatable bonds is 11. The molecule has 9 heteroatoms. The highest BCUT2D eigenvalue weighted by Crippen LogP contribution is 2.37. The number of ether oxygens (including phenoxy) is 5. The molecule has 0 amide bonds. The normalized spacial score (nSPS) is 13.1. The number of carboxylic acid groups (broad SMARTS) is 1. The number of methoxy groups -OCH3 is 2. The molecule has 1 atom stereocenters. The molecule has 1 aliphatic heterocycles. The van der Waals surface area contributed by atoms with E-state index in [9.17, 15) is 15.0 Å². The van der Waals surface area contributed by atoms with Crippen molar-refractivity contribution in [1.82, 2.24) is 5.32 Å². The molecule has 3 N–H and O–H groups in total. The van der Waals surface area contributed by atoms with E-state index >= 15 is 0 Å². The van der Waals surface area contributed by atoms with E-state index in [0.717, 1.165) is 33.8 Å². The fourth-order valence-corrected chi connectivity index (χ4v) is 4.20. The summed E-state index contributed by atoms with van der Waals surface area (Å²) in [6, 6.07) is 14.4. The second-order valence-corrected chi connectivity index (χ2v) is 8.50. The van der Waals surface area contributed by atoms with E-state index in [0.29, 0.717) is 42.6 Å². The SMILES string of the molecule is COc1cc(OCc2cccc(-c3ccc4c(c3)OCCO4)c2C)cc(OC)c1CN[C@@H](CO)C(=O)O. The van der Waals surface area contributed by atoms with Crippen LogP contribution in [0.4, 0.5) is 0 Å². The summed E-state index contributed by atoms with van der Waals surface area (Å²) in [5, 5.41) is 21.2. The van der Waals surface area contributed by atoms with Crippen molar-refractivity contribution in [2.24, 2.45) is 0 Å². The van der Waals surface area contributed by atoms with Crippen LogP contribution >= 0.6 is 0 Å². The zero-order chi connectivity index (χ0) is 26.4. The van der Waals surface area contributed by atoms with Gasteiger partial charge in [0, 0.05) is 18.7 Å². The summed E-state index contributed by atoms with van der Waals surface area (Å²) in [6.07, 6.45) is 0. The van der Waals surface area contributed by atoms with Crippen molar-refractivity contribution in [2.75, 3.05) is 34.0 Å². The van der Waals surface area contributed by atoms with Crippen LogP contribution in [-0.2, 0) is 17.9 Å². The van der Waals surface area contributed by atoms with Gasteiger partial charge in [-0.25, -0.2) is 0 Å². The standard InChI is InChI=1S/C28H31NO8/c1-17-19(5-4-6-21(17)18-7-8-24-27(11-18)36-10-9-35-24)16-37-20-12-25(33-2)22(26(13-20)34-3)14-29-23(15-30)28(31)32/h4-8,11-13,23,29-30H,9-10,14-16H2,1-3H3,(H,31,32)/t23-/m0/s1. The average Bonchev–Trinajstić information content (AvgIpc) is 2.92. The second-order valence-electron chi connectivity index (χ2n) is 8.50. The maximum atomic E-state index is 11.2. The quantitative estimate of drug-likeness (QED) is 0.357. The number of carbonyl (C=O) groups is 1. The maximum absolute atomic E-state index is 11.2. The lowest BCUT2D eigenvalue weighted by Crippen LogP contribution is -2.39. The summed E-state index contributed by atoms with van der Waals surface area (Å²) in [7, 11) is 3.04. The number of hydrogen-bond donors (Lipinski definition) is 3. The fraction of sp³-hybridized carbons (Fsp3) is 0.321. The first-order chi connectivity index (χ1) is 17.9. The van der Waals surface area contributed by atoms with Crippen LogP contribution in [0.1, 0.15) is 16.7 Å². The summed E-state index contributed by atoms with van der Waals surface area (Å²) in [6.45, 7) is 3.05. The van der Waals surface area contributed by atoms with Crippen molar-refractivity contribution in [2.45, 2.75) is 26.1 Å². The number of hydrogen-bond acceptors (Lipinski definition) is 8. The van der Waals surface area contributed by atoms with Crippen molar-refractivity contribution in [3.8, 4) is 39.9 Å². The van der Waals surface area contributed by atoms with Gasteiger partial charge in [0.1, 0.15) is 43.1 Å². The van der Waals surface area contributed by atoms with Crippen molar-refractivity contribution in [3.05, 3.63) is 65.2 Å². The van der Waals surface area contributed by atoms with E-state index in [1.165, 1.54) is 14.2 Å². The Hall–Kier alpha value is -3.95. The minimum absolute atomic E-state index is 0.126. The minimum Gasteiger partial charge on any atom is -0.496 e. The van der Waals surface area contributed by atoms with E-state index < -0.39 is 18.6 Å². The van der Waals surface area contributed by atoms with Crippen LogP contribution in [0, 0.1) is 6.92 Å². The van der Waals surface area contributed by atoms with Crippen LogP contribution in [-0.4, -0.2) is 56.3 Å². The minimum atomic E-state index is -1.14. The van der Waals surface area contributed by atoms with Gasteiger partial charge in [-0.05, 0) is 41.3 Å². The predicted octanol–water partition coefficient (Wildman–Crippen LogP) is 3.56. The molecular weight excluding hydrogens is 478 g/mol. The molecule has 0 saturated heterocycles. The second kappa shape index (κ2) is 11.9. The van der Waals surface area contributed by atoms with Crippen LogP contribution in [0.5, 0.6) is 28.7 Å². The van der Waals surface area contributed by atoms with Gasteiger partial charge < -0.3 is 33.9 Å². The van der Waals surface area contributed by atoms with Gasteiger partial charge in [0.05, 0.1) is 26.4 Å².